The smallest absolute Gasteiger partial charge is 0.290 e. The summed E-state index contributed by atoms with van der Waals surface area (Å²) in [6.45, 7) is 0.899. The normalized spacial score (nSPS) is 14.1. The Morgan fingerprint density at radius 1 is 1.22 bits per heavy atom. The van der Waals surface area contributed by atoms with Crippen LogP contribution in [0.3, 0.4) is 0 Å². The molecule has 2 amide bonds. The summed E-state index contributed by atoms with van der Waals surface area (Å²) >= 11 is 0. The Labute approximate surface area is 184 Å². The molecule has 32 heavy (non-hydrogen) atoms. The highest BCUT2D eigenvalue weighted by Crippen LogP contribution is 2.31. The second-order valence-electron chi connectivity index (χ2n) is 6.65. The van der Waals surface area contributed by atoms with Crippen LogP contribution in [0.15, 0.2) is 30.7 Å². The number of methoxy groups -OCH3 is 1. The first kappa shape index (κ1) is 26.3. The number of piperidine rings is 1. The summed E-state index contributed by atoms with van der Waals surface area (Å²) in [6, 6.07) is 3.55. The van der Waals surface area contributed by atoms with E-state index in [-0.39, 0.29) is 24.8 Å². The topological polar surface area (TPSA) is 169 Å². The van der Waals surface area contributed by atoms with Crippen molar-refractivity contribution in [3.05, 3.63) is 30.7 Å². The van der Waals surface area contributed by atoms with Gasteiger partial charge < -0.3 is 25.2 Å². The molecular weight excluding hydrogens is 424 g/mol. The van der Waals surface area contributed by atoms with Crippen molar-refractivity contribution in [1.29, 1.82) is 0 Å². The van der Waals surface area contributed by atoms with Crippen LogP contribution in [0.2, 0.25) is 0 Å². The molecule has 0 spiro atoms. The van der Waals surface area contributed by atoms with E-state index in [4.69, 9.17) is 24.5 Å². The van der Waals surface area contributed by atoms with Crippen molar-refractivity contribution in [3.8, 4) is 0 Å². The van der Waals surface area contributed by atoms with E-state index in [1.807, 2.05) is 0 Å². The van der Waals surface area contributed by atoms with E-state index in [1.165, 1.54) is 0 Å². The number of aromatic nitrogens is 4. The molecule has 0 aliphatic carbocycles. The van der Waals surface area contributed by atoms with Gasteiger partial charge in [0, 0.05) is 51.9 Å². The number of carbonyl (C=O) groups excluding carboxylic acids is 2. The number of likely N-dealkylation sites (tertiary alicyclic amines) is 1. The number of amides is 2. The van der Waals surface area contributed by atoms with Gasteiger partial charge in [-0.05, 0) is 18.9 Å². The molecular formula is C19H28N6O7. The maximum absolute atomic E-state index is 13.1. The fraction of sp³-hybridized carbons (Fsp3) is 0.474. The lowest BCUT2D eigenvalue weighted by Gasteiger charge is -2.40. The molecule has 2 aromatic heterocycles. The molecule has 13 nitrogen and oxygen atoms in total. The van der Waals surface area contributed by atoms with Crippen molar-refractivity contribution < 1.29 is 34.1 Å². The molecule has 1 aliphatic heterocycles. The standard InChI is InChI=1S/C17H24N6O3.2CH2O2/c1-21-10-4-14(20-21)19-16(25)17(23-9-3-8-18-23)6-11-22(12-7-17)15(24)5-13-26-2;2*2-1-3/h3-4,8-10H,5-7,11-13H2,1-2H3,(H,19,20,25);2*1H,(H,2,3). The van der Waals surface area contributed by atoms with Gasteiger partial charge in [-0.3, -0.25) is 28.5 Å². The van der Waals surface area contributed by atoms with Gasteiger partial charge in [-0.15, -0.1) is 0 Å². The van der Waals surface area contributed by atoms with Gasteiger partial charge in [0.25, 0.3) is 18.9 Å². The largest absolute Gasteiger partial charge is 0.483 e. The Bertz CT molecular complexity index is 838. The number of hydrogen-bond donors (Lipinski definition) is 3. The summed E-state index contributed by atoms with van der Waals surface area (Å²) in [7, 11) is 3.37. The fourth-order valence-corrected chi connectivity index (χ4v) is 3.27. The van der Waals surface area contributed by atoms with Gasteiger partial charge in [0.05, 0.1) is 13.0 Å². The van der Waals surface area contributed by atoms with Crippen LogP contribution in [0.5, 0.6) is 0 Å². The van der Waals surface area contributed by atoms with E-state index in [2.05, 4.69) is 15.5 Å². The minimum absolute atomic E-state index is 0.0473. The molecule has 13 heteroatoms. The maximum Gasteiger partial charge on any atom is 0.290 e. The van der Waals surface area contributed by atoms with Gasteiger partial charge in [-0.25, -0.2) is 0 Å². The molecule has 0 radical (unpaired) electrons. The Hall–Kier alpha value is -3.74. The number of rotatable bonds is 6. The number of aryl methyl sites for hydroxylation is 1. The molecule has 3 rings (SSSR count). The average molecular weight is 452 g/mol. The maximum atomic E-state index is 13.1. The predicted octanol–water partition coefficient (Wildman–Crippen LogP) is 0.0111. The zero-order valence-electron chi connectivity index (χ0n) is 18.0. The Morgan fingerprint density at radius 2 is 1.84 bits per heavy atom. The van der Waals surface area contributed by atoms with Gasteiger partial charge >= 0.3 is 0 Å². The Balaban J connectivity index is 0.000000769. The molecule has 1 saturated heterocycles. The Morgan fingerprint density at radius 3 is 2.31 bits per heavy atom. The van der Waals surface area contributed by atoms with Crippen molar-refractivity contribution in [3.63, 3.8) is 0 Å². The zero-order valence-corrected chi connectivity index (χ0v) is 18.0. The number of nitrogens with zero attached hydrogens (tertiary/aromatic N) is 5. The monoisotopic (exact) mass is 452 g/mol. The first-order valence-corrected chi connectivity index (χ1v) is 9.62. The highest BCUT2D eigenvalue weighted by Gasteiger charge is 2.44. The predicted molar refractivity (Wildman–Crippen MR) is 112 cm³/mol. The zero-order chi connectivity index (χ0) is 24.0. The van der Waals surface area contributed by atoms with E-state index < -0.39 is 5.54 Å². The van der Waals surface area contributed by atoms with E-state index in [0.29, 0.717) is 44.8 Å². The van der Waals surface area contributed by atoms with Crippen molar-refractivity contribution in [2.75, 3.05) is 32.1 Å². The first-order valence-electron chi connectivity index (χ1n) is 9.62. The molecule has 0 aromatic carbocycles. The molecule has 0 saturated carbocycles. The second-order valence-corrected chi connectivity index (χ2v) is 6.65. The lowest BCUT2D eigenvalue weighted by Crippen LogP contribution is -2.54. The van der Waals surface area contributed by atoms with E-state index in [9.17, 15) is 9.59 Å². The van der Waals surface area contributed by atoms with Crippen molar-refractivity contribution in [2.24, 2.45) is 7.05 Å². The quantitative estimate of drug-likeness (QED) is 0.511. The number of hydrogen-bond acceptors (Lipinski definition) is 7. The minimum atomic E-state index is -0.834. The van der Waals surface area contributed by atoms with Gasteiger partial charge in [-0.1, -0.05) is 0 Å². The molecule has 176 valence electrons. The number of carboxylic acid groups (broad SMARTS) is 2. The molecule has 2 aromatic rings. The molecule has 0 bridgehead atoms. The van der Waals surface area contributed by atoms with Crippen molar-refractivity contribution >= 4 is 30.6 Å². The lowest BCUT2D eigenvalue weighted by molar-refractivity contribution is -0.138. The van der Waals surface area contributed by atoms with Gasteiger partial charge in [0.1, 0.15) is 5.54 Å². The third-order valence-corrected chi connectivity index (χ3v) is 4.78. The van der Waals surface area contributed by atoms with Gasteiger partial charge in [0.2, 0.25) is 5.91 Å². The summed E-state index contributed by atoms with van der Waals surface area (Å²) in [5, 5.41) is 25.2. The van der Waals surface area contributed by atoms with Crippen LogP contribution in [0.25, 0.3) is 0 Å². The minimum Gasteiger partial charge on any atom is -0.483 e. The van der Waals surface area contributed by atoms with Crippen LogP contribution < -0.4 is 5.32 Å². The van der Waals surface area contributed by atoms with E-state index >= 15 is 0 Å². The van der Waals surface area contributed by atoms with Crippen molar-refractivity contribution in [1.82, 2.24) is 24.5 Å². The van der Waals surface area contributed by atoms with Crippen LogP contribution in [-0.2, 0) is 36.5 Å². The van der Waals surface area contributed by atoms with Crippen molar-refractivity contribution in [2.45, 2.75) is 24.8 Å². The molecule has 1 aliphatic rings. The third kappa shape index (κ3) is 7.19. The lowest BCUT2D eigenvalue weighted by atomic mass is 9.86. The van der Waals surface area contributed by atoms with Gasteiger partial charge in [0.15, 0.2) is 5.82 Å². The molecule has 0 atom stereocenters. The molecule has 3 N–H and O–H groups in total. The number of carbonyl (C=O) groups is 4. The third-order valence-electron chi connectivity index (χ3n) is 4.78. The number of ether oxygens (including phenoxy) is 1. The molecule has 0 unspecified atom stereocenters. The fourth-order valence-electron chi connectivity index (χ4n) is 3.27. The van der Waals surface area contributed by atoms with Crippen LogP contribution >= 0.6 is 0 Å². The number of anilines is 1. The highest BCUT2D eigenvalue weighted by molar-refractivity contribution is 5.96. The summed E-state index contributed by atoms with van der Waals surface area (Å²) in [5.41, 5.74) is -0.834. The summed E-state index contributed by atoms with van der Waals surface area (Å²) in [5.74, 6) is 0.387. The molecule has 3 heterocycles. The van der Waals surface area contributed by atoms with Crippen LogP contribution in [0, 0.1) is 0 Å². The molecule has 1 fully saturated rings. The second kappa shape index (κ2) is 13.5. The van der Waals surface area contributed by atoms with E-state index in [0.717, 1.165) is 0 Å². The van der Waals surface area contributed by atoms with E-state index in [1.54, 1.807) is 59.1 Å². The van der Waals surface area contributed by atoms with Crippen LogP contribution in [-0.4, -0.2) is 86.2 Å². The SMILES string of the molecule is COCCC(=O)N1CCC(C(=O)Nc2ccn(C)n2)(n2cccn2)CC1.O=CO.O=CO. The summed E-state index contributed by atoms with van der Waals surface area (Å²) in [6.07, 6.45) is 6.56. The first-order chi connectivity index (χ1) is 15.4. The van der Waals surface area contributed by atoms with Crippen LogP contribution in [0.1, 0.15) is 19.3 Å². The van der Waals surface area contributed by atoms with Crippen LogP contribution in [0.4, 0.5) is 5.82 Å². The Kier molecular flexibility index (Phi) is 11.1. The van der Waals surface area contributed by atoms with Gasteiger partial charge in [-0.2, -0.15) is 10.2 Å². The average Bonchev–Trinajstić information content (AvgIpc) is 3.45. The summed E-state index contributed by atoms with van der Waals surface area (Å²) in [4.78, 5) is 43.8. The number of nitrogens with one attached hydrogen (secondary N) is 1. The summed E-state index contributed by atoms with van der Waals surface area (Å²) < 4.78 is 8.30. The highest BCUT2D eigenvalue weighted by atomic mass is 16.5.